The number of anilines is 1. The second-order valence-electron chi connectivity index (χ2n) is 2.01. The molecule has 0 bridgehead atoms. The minimum Gasteiger partial charge on any atom is -0.398 e. The molecular formula is C6H7NNaO3S. The molecule has 4 nitrogen and oxygen atoms in total. The van der Waals surface area contributed by atoms with Crippen LogP contribution in [0.25, 0.3) is 0 Å². The quantitative estimate of drug-likeness (QED) is 0.380. The summed E-state index contributed by atoms with van der Waals surface area (Å²) in [6.45, 7) is 0. The van der Waals surface area contributed by atoms with E-state index >= 15 is 0 Å². The fourth-order valence-electron chi connectivity index (χ4n) is 0.715. The van der Waals surface area contributed by atoms with Crippen LogP contribution in [0.5, 0.6) is 0 Å². The molecule has 12 heavy (non-hydrogen) atoms. The van der Waals surface area contributed by atoms with E-state index in [-0.39, 0.29) is 40.1 Å². The normalized spacial score (nSPS) is 10.4. The van der Waals surface area contributed by atoms with E-state index in [0.717, 1.165) is 0 Å². The zero-order valence-corrected chi connectivity index (χ0v) is 9.38. The minimum atomic E-state index is -4.16. The van der Waals surface area contributed by atoms with Crippen molar-refractivity contribution in [3.63, 3.8) is 0 Å². The molecule has 0 saturated heterocycles. The van der Waals surface area contributed by atoms with E-state index in [9.17, 15) is 8.42 Å². The zero-order chi connectivity index (χ0) is 8.48. The first-order valence-corrected chi connectivity index (χ1v) is 4.28. The van der Waals surface area contributed by atoms with Crippen molar-refractivity contribution in [1.29, 1.82) is 0 Å². The van der Waals surface area contributed by atoms with E-state index in [1.807, 2.05) is 0 Å². The van der Waals surface area contributed by atoms with Crippen LogP contribution in [0.1, 0.15) is 0 Å². The third-order valence-corrected chi connectivity index (χ3v) is 2.12. The van der Waals surface area contributed by atoms with Crippen molar-refractivity contribution >= 4 is 45.4 Å². The molecule has 0 atom stereocenters. The van der Waals surface area contributed by atoms with Crippen molar-refractivity contribution in [2.24, 2.45) is 0 Å². The summed E-state index contributed by atoms with van der Waals surface area (Å²) in [5.41, 5.74) is 5.32. The summed E-state index contributed by atoms with van der Waals surface area (Å²) in [6, 6.07) is 5.72. The van der Waals surface area contributed by atoms with Gasteiger partial charge in [0.2, 0.25) is 0 Å². The van der Waals surface area contributed by atoms with Gasteiger partial charge >= 0.3 is 0 Å². The topological polar surface area (TPSA) is 80.4 Å². The molecular weight excluding hydrogens is 189 g/mol. The number of hydrogen-bond donors (Lipinski definition) is 2. The fraction of sp³-hybridized carbons (Fsp3) is 0. The van der Waals surface area contributed by atoms with Gasteiger partial charge in [0.15, 0.2) is 0 Å². The number of rotatable bonds is 1. The molecule has 0 heterocycles. The van der Waals surface area contributed by atoms with Gasteiger partial charge in [-0.05, 0) is 12.1 Å². The van der Waals surface area contributed by atoms with Crippen molar-refractivity contribution in [2.45, 2.75) is 4.90 Å². The summed E-state index contributed by atoms with van der Waals surface area (Å²) in [5, 5.41) is 0. The molecule has 0 aliphatic carbocycles. The summed E-state index contributed by atoms with van der Waals surface area (Å²) < 4.78 is 29.6. The Morgan fingerprint density at radius 3 is 2.08 bits per heavy atom. The van der Waals surface area contributed by atoms with Crippen LogP contribution in [0.3, 0.4) is 0 Å². The van der Waals surface area contributed by atoms with E-state index in [1.54, 1.807) is 6.07 Å². The van der Waals surface area contributed by atoms with Gasteiger partial charge in [-0.25, -0.2) is 0 Å². The van der Waals surface area contributed by atoms with Gasteiger partial charge < -0.3 is 5.73 Å². The van der Waals surface area contributed by atoms with Gasteiger partial charge in [-0.3, -0.25) is 4.55 Å². The van der Waals surface area contributed by atoms with Crippen LogP contribution >= 0.6 is 0 Å². The molecule has 0 spiro atoms. The smallest absolute Gasteiger partial charge is 0.296 e. The molecule has 1 aromatic carbocycles. The van der Waals surface area contributed by atoms with Crippen molar-refractivity contribution in [1.82, 2.24) is 0 Å². The molecule has 0 aliphatic rings. The third kappa shape index (κ3) is 2.76. The number of para-hydroxylation sites is 1. The average Bonchev–Trinajstić information content (AvgIpc) is 1.86. The SMILES string of the molecule is Nc1ccccc1S(=O)(=O)O.[Na]. The van der Waals surface area contributed by atoms with Crippen molar-refractivity contribution in [3.05, 3.63) is 24.3 Å². The van der Waals surface area contributed by atoms with Gasteiger partial charge in [-0.1, -0.05) is 12.1 Å². The maximum Gasteiger partial charge on any atom is 0.296 e. The molecule has 0 fully saturated rings. The molecule has 1 radical (unpaired) electrons. The largest absolute Gasteiger partial charge is 0.398 e. The van der Waals surface area contributed by atoms with E-state index in [4.69, 9.17) is 10.3 Å². The van der Waals surface area contributed by atoms with Gasteiger partial charge in [0.1, 0.15) is 4.90 Å². The fourth-order valence-corrected chi connectivity index (χ4v) is 1.33. The summed E-state index contributed by atoms with van der Waals surface area (Å²) in [4.78, 5) is -0.250. The Hall–Kier alpha value is -0.0700. The van der Waals surface area contributed by atoms with Crippen LogP contribution in [0, 0.1) is 0 Å². The Labute approximate surface area is 92.8 Å². The van der Waals surface area contributed by atoms with Gasteiger partial charge in [-0.15, -0.1) is 0 Å². The van der Waals surface area contributed by atoms with Crippen molar-refractivity contribution in [3.8, 4) is 0 Å². The maximum atomic E-state index is 10.5. The molecule has 6 heteroatoms. The summed E-state index contributed by atoms with van der Waals surface area (Å²) in [5.74, 6) is 0. The minimum absolute atomic E-state index is 0. The first kappa shape index (κ1) is 11.9. The summed E-state index contributed by atoms with van der Waals surface area (Å²) in [6.07, 6.45) is 0. The molecule has 61 valence electrons. The van der Waals surface area contributed by atoms with Crippen LogP contribution in [0.15, 0.2) is 29.2 Å². The Morgan fingerprint density at radius 2 is 1.75 bits per heavy atom. The van der Waals surface area contributed by atoms with Crippen LogP contribution in [0.4, 0.5) is 5.69 Å². The number of nitrogen functional groups attached to an aromatic ring is 1. The standard InChI is InChI=1S/C6H7NO3S.Na/c7-5-3-1-2-4-6(5)11(8,9)10;/h1-4H,7H2,(H,8,9,10);. The molecule has 0 amide bonds. The van der Waals surface area contributed by atoms with Crippen LogP contribution in [0.2, 0.25) is 0 Å². The molecule has 0 aromatic heterocycles. The monoisotopic (exact) mass is 196 g/mol. The van der Waals surface area contributed by atoms with E-state index < -0.39 is 10.1 Å². The molecule has 1 aromatic rings. The van der Waals surface area contributed by atoms with E-state index in [1.165, 1.54) is 18.2 Å². The Morgan fingerprint density at radius 1 is 1.25 bits per heavy atom. The second-order valence-corrected chi connectivity index (χ2v) is 3.40. The second kappa shape index (κ2) is 4.25. The Bertz CT molecular complexity index is 363. The first-order chi connectivity index (χ1) is 5.02. The number of hydrogen-bond acceptors (Lipinski definition) is 3. The summed E-state index contributed by atoms with van der Waals surface area (Å²) in [7, 11) is -4.16. The van der Waals surface area contributed by atoms with E-state index in [2.05, 4.69) is 0 Å². The van der Waals surface area contributed by atoms with Crippen molar-refractivity contribution in [2.75, 3.05) is 5.73 Å². The molecule has 0 saturated carbocycles. The molecule has 0 unspecified atom stereocenters. The number of nitrogens with two attached hydrogens (primary N) is 1. The van der Waals surface area contributed by atoms with Crippen LogP contribution < -0.4 is 5.73 Å². The Kier molecular flexibility index (Phi) is 4.22. The maximum absolute atomic E-state index is 10.5. The zero-order valence-electron chi connectivity index (χ0n) is 6.56. The molecule has 0 aliphatic heterocycles. The van der Waals surface area contributed by atoms with Gasteiger partial charge in [0, 0.05) is 29.6 Å². The van der Waals surface area contributed by atoms with Crippen LogP contribution in [-0.2, 0) is 10.1 Å². The van der Waals surface area contributed by atoms with Gasteiger partial charge in [0.25, 0.3) is 10.1 Å². The van der Waals surface area contributed by atoms with Crippen molar-refractivity contribution < 1.29 is 13.0 Å². The number of benzene rings is 1. The third-order valence-electron chi connectivity index (χ3n) is 1.20. The predicted molar refractivity (Wildman–Crippen MR) is 46.4 cm³/mol. The van der Waals surface area contributed by atoms with Gasteiger partial charge in [0.05, 0.1) is 5.69 Å². The van der Waals surface area contributed by atoms with Gasteiger partial charge in [-0.2, -0.15) is 8.42 Å². The Balaban J connectivity index is 0.00000121. The van der Waals surface area contributed by atoms with Crippen LogP contribution in [-0.4, -0.2) is 42.5 Å². The molecule has 1 rings (SSSR count). The predicted octanol–water partition coefficient (Wildman–Crippen LogP) is 0.135. The van der Waals surface area contributed by atoms with E-state index in [0.29, 0.717) is 0 Å². The average molecular weight is 196 g/mol. The first-order valence-electron chi connectivity index (χ1n) is 2.84. The summed E-state index contributed by atoms with van der Waals surface area (Å²) >= 11 is 0. The molecule has 3 N–H and O–H groups in total.